The molecule has 0 aromatic heterocycles. The zero-order chi connectivity index (χ0) is 20.1. The largest absolute Gasteiger partial charge is 0.369 e. The topological polar surface area (TPSA) is 63.4 Å². The van der Waals surface area contributed by atoms with Crippen LogP contribution in [-0.2, 0) is 9.59 Å². The SMILES string of the molecule is CC.CC(=O)C(C)(C)CC(C)(C)C(N)=O.CCCC(C)CN(C)C. The predicted octanol–water partition coefficient (Wildman–Crippen LogP) is 4.51. The van der Waals surface area contributed by atoms with Gasteiger partial charge in [0.05, 0.1) is 0 Å². The summed E-state index contributed by atoms with van der Waals surface area (Å²) in [5.41, 5.74) is 4.14. The maximum Gasteiger partial charge on any atom is 0.223 e. The highest BCUT2D eigenvalue weighted by molar-refractivity contribution is 5.84. The summed E-state index contributed by atoms with van der Waals surface area (Å²) < 4.78 is 0. The summed E-state index contributed by atoms with van der Waals surface area (Å²) in [7, 11) is 4.26. The van der Waals surface area contributed by atoms with Crippen molar-refractivity contribution < 1.29 is 9.59 Å². The van der Waals surface area contributed by atoms with Gasteiger partial charge in [-0.2, -0.15) is 0 Å². The van der Waals surface area contributed by atoms with Crippen LogP contribution >= 0.6 is 0 Å². The first-order chi connectivity index (χ1) is 10.8. The van der Waals surface area contributed by atoms with Crippen molar-refractivity contribution in [2.45, 2.75) is 81.6 Å². The van der Waals surface area contributed by atoms with Crippen molar-refractivity contribution in [1.82, 2.24) is 4.90 Å². The first-order valence-corrected chi connectivity index (χ1v) is 9.22. The summed E-state index contributed by atoms with van der Waals surface area (Å²) >= 11 is 0. The van der Waals surface area contributed by atoms with E-state index in [0.717, 1.165) is 5.92 Å². The van der Waals surface area contributed by atoms with Gasteiger partial charge in [0.1, 0.15) is 5.78 Å². The van der Waals surface area contributed by atoms with E-state index in [1.807, 2.05) is 27.7 Å². The molecule has 0 radical (unpaired) electrons. The average molecular weight is 345 g/mol. The number of amides is 1. The molecule has 0 heterocycles. The number of rotatable bonds is 8. The molecular weight excluding hydrogens is 300 g/mol. The quantitative estimate of drug-likeness (QED) is 0.704. The fraction of sp³-hybridized carbons (Fsp3) is 0.900. The van der Waals surface area contributed by atoms with Gasteiger partial charge in [-0.3, -0.25) is 9.59 Å². The third-order valence-electron chi connectivity index (χ3n) is 3.96. The van der Waals surface area contributed by atoms with Gasteiger partial charge in [0.15, 0.2) is 0 Å². The van der Waals surface area contributed by atoms with Crippen LogP contribution in [0.1, 0.15) is 81.6 Å². The number of primary amides is 1. The van der Waals surface area contributed by atoms with Gasteiger partial charge in [-0.25, -0.2) is 0 Å². The van der Waals surface area contributed by atoms with Crippen molar-refractivity contribution in [3.05, 3.63) is 0 Å². The van der Waals surface area contributed by atoms with E-state index in [1.54, 1.807) is 13.8 Å². The van der Waals surface area contributed by atoms with Crippen LogP contribution < -0.4 is 5.73 Å². The molecule has 4 nitrogen and oxygen atoms in total. The van der Waals surface area contributed by atoms with Gasteiger partial charge in [0.25, 0.3) is 0 Å². The third kappa shape index (κ3) is 14.7. The van der Waals surface area contributed by atoms with Crippen LogP contribution in [0.3, 0.4) is 0 Å². The average Bonchev–Trinajstić information content (AvgIpc) is 2.39. The minimum atomic E-state index is -0.616. The lowest BCUT2D eigenvalue weighted by Gasteiger charge is -2.30. The van der Waals surface area contributed by atoms with Crippen molar-refractivity contribution in [1.29, 1.82) is 0 Å². The summed E-state index contributed by atoms with van der Waals surface area (Å²) in [6.45, 7) is 18.5. The second-order valence-electron chi connectivity index (χ2n) is 8.02. The van der Waals surface area contributed by atoms with Gasteiger partial charge in [-0.15, -0.1) is 0 Å². The summed E-state index contributed by atoms with van der Waals surface area (Å²) in [5.74, 6) is 0.591. The summed E-state index contributed by atoms with van der Waals surface area (Å²) in [6.07, 6.45) is 3.16. The molecule has 0 rings (SSSR count). The fourth-order valence-electron chi connectivity index (χ4n) is 2.52. The summed E-state index contributed by atoms with van der Waals surface area (Å²) in [5, 5.41) is 0. The minimum absolute atomic E-state index is 0.0850. The Kier molecular flexibility index (Phi) is 15.6. The number of carbonyl (C=O) groups excluding carboxylic acids is 2. The summed E-state index contributed by atoms with van der Waals surface area (Å²) in [4.78, 5) is 24.5. The van der Waals surface area contributed by atoms with Crippen molar-refractivity contribution in [3.8, 4) is 0 Å². The second kappa shape index (κ2) is 13.4. The van der Waals surface area contributed by atoms with E-state index in [9.17, 15) is 9.59 Å². The first-order valence-electron chi connectivity index (χ1n) is 9.22. The Morgan fingerprint density at radius 3 is 1.71 bits per heavy atom. The molecule has 0 aliphatic heterocycles. The maximum atomic E-state index is 11.2. The van der Waals surface area contributed by atoms with E-state index in [2.05, 4.69) is 32.8 Å². The Hall–Kier alpha value is -0.900. The van der Waals surface area contributed by atoms with Crippen LogP contribution in [-0.4, -0.2) is 37.2 Å². The normalized spacial score (nSPS) is 12.5. The Labute approximate surface area is 151 Å². The van der Waals surface area contributed by atoms with Crippen LogP contribution in [0, 0.1) is 16.7 Å². The number of ketones is 1. The number of Topliss-reactive ketones (excluding diaryl/α,β-unsaturated/α-hetero) is 1. The Balaban J connectivity index is -0.000000351. The number of hydrogen-bond acceptors (Lipinski definition) is 3. The standard InChI is InChI=1S/C10H19NO2.C8H19N.C2H6/c1-7(12)9(2,3)6-10(4,5)8(11)13;1-5-6-8(2)7-9(3)4;1-2/h6H2,1-5H3,(H2,11,13);8H,5-7H2,1-4H3;1-2H3. The molecule has 0 aliphatic rings. The molecule has 0 aromatic carbocycles. The van der Waals surface area contributed by atoms with Crippen molar-refractivity contribution in [2.24, 2.45) is 22.5 Å². The highest BCUT2D eigenvalue weighted by Crippen LogP contribution is 2.33. The molecule has 146 valence electrons. The van der Waals surface area contributed by atoms with Gasteiger partial charge in [-0.1, -0.05) is 61.8 Å². The van der Waals surface area contributed by atoms with Crippen molar-refractivity contribution in [2.75, 3.05) is 20.6 Å². The first kappa shape index (κ1) is 27.9. The van der Waals surface area contributed by atoms with E-state index in [1.165, 1.54) is 26.3 Å². The summed E-state index contributed by atoms with van der Waals surface area (Å²) in [6, 6.07) is 0. The number of nitrogens with zero attached hydrogens (tertiary/aromatic N) is 1. The Bertz CT molecular complexity index is 324. The molecule has 0 saturated carbocycles. The molecule has 0 saturated heterocycles. The molecule has 0 spiro atoms. The smallest absolute Gasteiger partial charge is 0.223 e. The highest BCUT2D eigenvalue weighted by Gasteiger charge is 2.35. The molecule has 4 heteroatoms. The molecule has 0 bridgehead atoms. The molecule has 1 amide bonds. The van der Waals surface area contributed by atoms with Crippen LogP contribution in [0.4, 0.5) is 0 Å². The molecule has 0 aliphatic carbocycles. The van der Waals surface area contributed by atoms with Gasteiger partial charge in [0, 0.05) is 17.4 Å². The predicted molar refractivity (Wildman–Crippen MR) is 106 cm³/mol. The Morgan fingerprint density at radius 1 is 1.04 bits per heavy atom. The van der Waals surface area contributed by atoms with E-state index in [-0.39, 0.29) is 11.7 Å². The van der Waals surface area contributed by atoms with Gasteiger partial charge >= 0.3 is 0 Å². The molecule has 1 atom stereocenters. The van der Waals surface area contributed by atoms with Crippen molar-refractivity contribution >= 4 is 11.7 Å². The molecule has 2 N–H and O–H groups in total. The molecule has 24 heavy (non-hydrogen) atoms. The van der Waals surface area contributed by atoms with Gasteiger partial charge in [0.2, 0.25) is 5.91 Å². The van der Waals surface area contributed by atoms with E-state index < -0.39 is 10.8 Å². The second-order valence-corrected chi connectivity index (χ2v) is 8.02. The molecule has 1 unspecified atom stereocenters. The minimum Gasteiger partial charge on any atom is -0.369 e. The van der Waals surface area contributed by atoms with Gasteiger partial charge < -0.3 is 10.6 Å². The lowest BCUT2D eigenvalue weighted by molar-refractivity contribution is -0.131. The van der Waals surface area contributed by atoms with Crippen LogP contribution in [0.25, 0.3) is 0 Å². The third-order valence-corrected chi connectivity index (χ3v) is 3.96. The van der Waals surface area contributed by atoms with Crippen molar-refractivity contribution in [3.63, 3.8) is 0 Å². The van der Waals surface area contributed by atoms with Crippen LogP contribution in [0.5, 0.6) is 0 Å². The van der Waals surface area contributed by atoms with E-state index in [0.29, 0.717) is 6.42 Å². The van der Waals surface area contributed by atoms with Gasteiger partial charge in [-0.05, 0) is 39.8 Å². The number of nitrogens with two attached hydrogens (primary N) is 1. The molecule has 0 fully saturated rings. The monoisotopic (exact) mass is 344 g/mol. The zero-order valence-electron chi connectivity index (χ0n) is 18.2. The Morgan fingerprint density at radius 2 is 1.46 bits per heavy atom. The van der Waals surface area contributed by atoms with Crippen LogP contribution in [0.15, 0.2) is 0 Å². The zero-order valence-corrected chi connectivity index (χ0v) is 18.2. The number of carbonyl (C=O) groups is 2. The van der Waals surface area contributed by atoms with E-state index in [4.69, 9.17) is 5.73 Å². The lowest BCUT2D eigenvalue weighted by Crippen LogP contribution is -2.38. The van der Waals surface area contributed by atoms with Crippen LogP contribution in [0.2, 0.25) is 0 Å². The van der Waals surface area contributed by atoms with E-state index >= 15 is 0 Å². The fourth-order valence-corrected chi connectivity index (χ4v) is 2.52. The lowest BCUT2D eigenvalue weighted by atomic mass is 9.73. The number of hydrogen-bond donors (Lipinski definition) is 1. The molecular formula is C20H44N2O2. The molecule has 0 aromatic rings. The maximum absolute atomic E-state index is 11.2. The highest BCUT2D eigenvalue weighted by atomic mass is 16.1.